The fraction of sp³-hybridized carbons (Fsp3) is 0.444. The summed E-state index contributed by atoms with van der Waals surface area (Å²) in [5.41, 5.74) is 4.08. The van der Waals surface area contributed by atoms with Gasteiger partial charge in [0.1, 0.15) is 18.7 Å². The molecule has 0 bridgehead atoms. The molecule has 0 fully saturated rings. The van der Waals surface area contributed by atoms with Crippen LogP contribution in [-0.2, 0) is 19.1 Å². The summed E-state index contributed by atoms with van der Waals surface area (Å²) in [4.78, 5) is 38.8. The number of alkyl carbamates (subject to hydrolysis) is 1. The normalized spacial score (nSPS) is 14.4. The van der Waals surface area contributed by atoms with E-state index in [9.17, 15) is 19.5 Å². The van der Waals surface area contributed by atoms with Crippen LogP contribution in [0.4, 0.5) is 4.79 Å². The van der Waals surface area contributed by atoms with Crippen molar-refractivity contribution in [2.45, 2.75) is 45.2 Å². The van der Waals surface area contributed by atoms with Gasteiger partial charge in [-0.1, -0.05) is 69.3 Å². The predicted octanol–water partition coefficient (Wildman–Crippen LogP) is 3.89. The molecule has 2 unspecified atom stereocenters. The molecule has 1 aliphatic carbocycles. The van der Waals surface area contributed by atoms with Crippen LogP contribution in [-0.4, -0.2) is 67.4 Å². The molecule has 2 N–H and O–H groups in total. The van der Waals surface area contributed by atoms with E-state index < -0.39 is 30.1 Å². The topological polar surface area (TPSA) is 105 Å². The van der Waals surface area contributed by atoms with Gasteiger partial charge in [0, 0.05) is 20.1 Å². The van der Waals surface area contributed by atoms with Gasteiger partial charge in [-0.05, 0) is 34.1 Å². The van der Waals surface area contributed by atoms with Crippen molar-refractivity contribution in [1.82, 2.24) is 10.2 Å². The number of methoxy groups -OCH3 is 1. The molecule has 0 heterocycles. The third kappa shape index (κ3) is 6.19. The maximum atomic E-state index is 13.1. The van der Waals surface area contributed by atoms with Crippen LogP contribution in [0.15, 0.2) is 48.5 Å². The zero-order chi connectivity index (χ0) is 25.8. The molecule has 2 aromatic carbocycles. The Hall–Kier alpha value is -3.39. The Morgan fingerprint density at radius 3 is 2.06 bits per heavy atom. The number of hydrogen-bond donors (Lipinski definition) is 2. The summed E-state index contributed by atoms with van der Waals surface area (Å²) >= 11 is 0. The number of carboxylic acid groups (broad SMARTS) is 1. The minimum Gasteiger partial charge on any atom is -0.480 e. The molecule has 2 aromatic rings. The van der Waals surface area contributed by atoms with Gasteiger partial charge in [0.25, 0.3) is 0 Å². The average Bonchev–Trinajstić information content (AvgIpc) is 3.13. The Kier molecular flexibility index (Phi) is 8.17. The van der Waals surface area contributed by atoms with Gasteiger partial charge < -0.3 is 24.8 Å². The summed E-state index contributed by atoms with van der Waals surface area (Å²) in [6, 6.07) is 13.9. The van der Waals surface area contributed by atoms with E-state index in [1.54, 1.807) is 0 Å². The summed E-state index contributed by atoms with van der Waals surface area (Å²) in [5, 5.41) is 12.2. The number of nitrogens with zero attached hydrogens (tertiary/aromatic N) is 1. The van der Waals surface area contributed by atoms with E-state index in [0.717, 1.165) is 27.2 Å². The summed E-state index contributed by atoms with van der Waals surface area (Å²) < 4.78 is 10.7. The van der Waals surface area contributed by atoms with Crippen LogP contribution in [0.5, 0.6) is 0 Å². The van der Waals surface area contributed by atoms with Crippen molar-refractivity contribution in [3.05, 3.63) is 59.7 Å². The molecule has 8 heteroatoms. The van der Waals surface area contributed by atoms with Crippen molar-refractivity contribution < 1.29 is 29.0 Å². The molecule has 0 spiro atoms. The summed E-state index contributed by atoms with van der Waals surface area (Å²) in [5.74, 6) is -1.78. The van der Waals surface area contributed by atoms with Gasteiger partial charge >= 0.3 is 12.1 Å². The number of fused-ring (bicyclic) bond motifs is 3. The zero-order valence-electron chi connectivity index (χ0n) is 20.9. The number of amides is 2. The highest BCUT2D eigenvalue weighted by molar-refractivity contribution is 5.89. The number of likely N-dealkylation sites (N-methyl/N-ethyl adjacent to an activating group) is 1. The average molecular weight is 483 g/mol. The van der Waals surface area contributed by atoms with Crippen LogP contribution in [0, 0.1) is 5.41 Å². The summed E-state index contributed by atoms with van der Waals surface area (Å²) in [7, 11) is 2.83. The Morgan fingerprint density at radius 2 is 1.57 bits per heavy atom. The molecule has 0 aliphatic heterocycles. The van der Waals surface area contributed by atoms with E-state index in [0.29, 0.717) is 0 Å². The molecule has 3 rings (SSSR count). The van der Waals surface area contributed by atoms with Gasteiger partial charge in [-0.25, -0.2) is 9.59 Å². The van der Waals surface area contributed by atoms with E-state index in [1.807, 2.05) is 69.3 Å². The molecule has 1 aliphatic rings. The van der Waals surface area contributed by atoms with Crippen molar-refractivity contribution >= 4 is 18.0 Å². The fourth-order valence-electron chi connectivity index (χ4n) is 4.49. The molecule has 2 atom stereocenters. The first-order valence-electron chi connectivity index (χ1n) is 11.6. The molecule has 0 aromatic heterocycles. The van der Waals surface area contributed by atoms with Gasteiger partial charge in [0.05, 0.1) is 6.61 Å². The van der Waals surface area contributed by atoms with Crippen LogP contribution < -0.4 is 5.32 Å². The quantitative estimate of drug-likeness (QED) is 0.562. The summed E-state index contributed by atoms with van der Waals surface area (Å²) in [6.07, 6.45) is -0.506. The summed E-state index contributed by atoms with van der Waals surface area (Å²) in [6.45, 7) is 5.70. The van der Waals surface area contributed by atoms with Crippen molar-refractivity contribution in [3.63, 3.8) is 0 Å². The zero-order valence-corrected chi connectivity index (χ0v) is 20.9. The minimum atomic E-state index is -1.10. The number of carboxylic acids is 1. The first kappa shape index (κ1) is 26.2. The molecule has 0 saturated carbocycles. The van der Waals surface area contributed by atoms with Gasteiger partial charge in [0.15, 0.2) is 0 Å². The number of ether oxygens (including phenoxy) is 2. The fourth-order valence-corrected chi connectivity index (χ4v) is 4.49. The number of carbonyl (C=O) groups is 3. The van der Waals surface area contributed by atoms with Crippen LogP contribution in [0.3, 0.4) is 0 Å². The van der Waals surface area contributed by atoms with Crippen LogP contribution in [0.25, 0.3) is 11.1 Å². The lowest BCUT2D eigenvalue weighted by atomic mass is 9.87. The molecule has 0 saturated heterocycles. The van der Waals surface area contributed by atoms with Crippen molar-refractivity contribution in [3.8, 4) is 11.1 Å². The Balaban J connectivity index is 1.68. The van der Waals surface area contributed by atoms with Gasteiger partial charge in [-0.3, -0.25) is 4.79 Å². The lowest BCUT2D eigenvalue weighted by molar-refractivity contribution is -0.151. The molecular weight excluding hydrogens is 448 g/mol. The van der Waals surface area contributed by atoms with Crippen LogP contribution >= 0.6 is 0 Å². The van der Waals surface area contributed by atoms with E-state index in [4.69, 9.17) is 9.47 Å². The molecule has 2 amide bonds. The molecule has 0 radical (unpaired) electrons. The number of benzene rings is 2. The van der Waals surface area contributed by atoms with Crippen molar-refractivity contribution in [1.29, 1.82) is 0 Å². The second-order valence-corrected chi connectivity index (χ2v) is 10.0. The number of nitrogens with one attached hydrogen (secondary N) is 1. The molecule has 188 valence electrons. The standard InChI is InChI=1S/C27H34N2O6/c1-27(2,3)14-23(25(31)32)29(4)24(30)22(16-34-5)28-26(33)35-15-21-19-12-8-6-10-17(19)18-11-7-9-13-20(18)21/h6-13,21-23H,14-16H2,1-5H3,(H,28,33)(H,31,32). The third-order valence-corrected chi connectivity index (χ3v) is 6.17. The first-order valence-corrected chi connectivity index (χ1v) is 11.6. The van der Waals surface area contributed by atoms with E-state index >= 15 is 0 Å². The second kappa shape index (κ2) is 10.9. The Labute approximate surface area is 206 Å². The lowest BCUT2D eigenvalue weighted by Crippen LogP contribution is -2.54. The Morgan fingerprint density at radius 1 is 1.03 bits per heavy atom. The maximum absolute atomic E-state index is 13.1. The van der Waals surface area contributed by atoms with Crippen LogP contribution in [0.1, 0.15) is 44.2 Å². The number of carbonyl (C=O) groups excluding carboxylic acids is 2. The van der Waals surface area contributed by atoms with Crippen molar-refractivity contribution in [2.24, 2.45) is 5.41 Å². The van der Waals surface area contributed by atoms with Gasteiger partial charge in [0.2, 0.25) is 5.91 Å². The van der Waals surface area contributed by atoms with Gasteiger partial charge in [-0.15, -0.1) is 0 Å². The molecule has 8 nitrogen and oxygen atoms in total. The number of rotatable bonds is 9. The first-order chi connectivity index (χ1) is 16.5. The van der Waals surface area contributed by atoms with Crippen molar-refractivity contribution in [2.75, 3.05) is 27.4 Å². The van der Waals surface area contributed by atoms with Crippen LogP contribution in [0.2, 0.25) is 0 Å². The molecular formula is C27H34N2O6. The van der Waals surface area contributed by atoms with E-state index in [-0.39, 0.29) is 31.0 Å². The van der Waals surface area contributed by atoms with E-state index in [2.05, 4.69) is 5.32 Å². The highest BCUT2D eigenvalue weighted by atomic mass is 16.5. The second-order valence-electron chi connectivity index (χ2n) is 10.0. The SMILES string of the molecule is COCC(NC(=O)OCC1c2ccccc2-c2ccccc21)C(=O)N(C)C(CC(C)(C)C)C(=O)O. The monoisotopic (exact) mass is 482 g/mol. The minimum absolute atomic E-state index is 0.103. The predicted molar refractivity (Wildman–Crippen MR) is 132 cm³/mol. The smallest absolute Gasteiger partial charge is 0.407 e. The third-order valence-electron chi connectivity index (χ3n) is 6.17. The maximum Gasteiger partial charge on any atom is 0.407 e. The number of hydrogen-bond acceptors (Lipinski definition) is 5. The lowest BCUT2D eigenvalue weighted by Gasteiger charge is -2.32. The van der Waals surface area contributed by atoms with Gasteiger partial charge in [-0.2, -0.15) is 0 Å². The largest absolute Gasteiger partial charge is 0.480 e. The molecule has 35 heavy (non-hydrogen) atoms. The van der Waals surface area contributed by atoms with E-state index in [1.165, 1.54) is 14.2 Å². The Bertz CT molecular complexity index is 1030. The number of aliphatic carboxylic acids is 1. The highest BCUT2D eigenvalue weighted by Crippen LogP contribution is 2.44. The highest BCUT2D eigenvalue weighted by Gasteiger charge is 2.35.